The van der Waals surface area contributed by atoms with Gasteiger partial charge in [0.2, 0.25) is 5.91 Å². The summed E-state index contributed by atoms with van der Waals surface area (Å²) in [5.41, 5.74) is 0.468. The van der Waals surface area contributed by atoms with Crippen LogP contribution in [0.1, 0.15) is 33.8 Å². The van der Waals surface area contributed by atoms with E-state index < -0.39 is 0 Å². The Bertz CT molecular complexity index is 718. The van der Waals surface area contributed by atoms with Gasteiger partial charge in [-0.25, -0.2) is 0 Å². The second kappa shape index (κ2) is 9.00. The molecular weight excluding hydrogens is 350 g/mol. The Morgan fingerprint density at radius 1 is 1.27 bits per heavy atom. The molecule has 0 aliphatic carbocycles. The highest BCUT2D eigenvalue weighted by molar-refractivity contribution is 7.09. The summed E-state index contributed by atoms with van der Waals surface area (Å²) in [6.07, 6.45) is 3.65. The SMILES string of the molecule is Cc1occc1C(=O)NCC(=O)NCC1CCN(Cc2cccs2)CC1. The van der Waals surface area contributed by atoms with E-state index in [1.54, 1.807) is 24.3 Å². The molecule has 0 bridgehead atoms. The summed E-state index contributed by atoms with van der Waals surface area (Å²) >= 11 is 1.80. The molecule has 3 rings (SSSR count). The number of hydrogen-bond donors (Lipinski definition) is 2. The van der Waals surface area contributed by atoms with Crippen molar-refractivity contribution in [3.05, 3.63) is 46.0 Å². The Labute approximate surface area is 157 Å². The van der Waals surface area contributed by atoms with Crippen LogP contribution in [-0.2, 0) is 11.3 Å². The Morgan fingerprint density at radius 3 is 2.73 bits per heavy atom. The van der Waals surface area contributed by atoms with Gasteiger partial charge in [0, 0.05) is 18.0 Å². The molecule has 3 heterocycles. The number of carbonyl (C=O) groups is 2. The minimum absolute atomic E-state index is 0.0132. The smallest absolute Gasteiger partial charge is 0.255 e. The number of furan rings is 1. The van der Waals surface area contributed by atoms with Gasteiger partial charge in [0.05, 0.1) is 18.4 Å². The van der Waals surface area contributed by atoms with E-state index >= 15 is 0 Å². The molecule has 1 saturated heterocycles. The minimum Gasteiger partial charge on any atom is -0.469 e. The number of amides is 2. The maximum absolute atomic E-state index is 12.0. The minimum atomic E-state index is -0.284. The Morgan fingerprint density at radius 2 is 2.08 bits per heavy atom. The molecule has 0 saturated carbocycles. The number of thiophene rings is 1. The summed E-state index contributed by atoms with van der Waals surface area (Å²) in [5.74, 6) is 0.622. The third-order valence-electron chi connectivity index (χ3n) is 4.77. The molecule has 140 valence electrons. The van der Waals surface area contributed by atoms with Crippen LogP contribution in [0.25, 0.3) is 0 Å². The van der Waals surface area contributed by atoms with Crippen molar-refractivity contribution >= 4 is 23.2 Å². The van der Waals surface area contributed by atoms with Crippen LogP contribution in [0.2, 0.25) is 0 Å². The molecule has 1 aliphatic rings. The van der Waals surface area contributed by atoms with Gasteiger partial charge < -0.3 is 15.1 Å². The maximum atomic E-state index is 12.0. The van der Waals surface area contributed by atoms with Gasteiger partial charge in [-0.2, -0.15) is 0 Å². The summed E-state index contributed by atoms with van der Waals surface area (Å²) in [6, 6.07) is 5.87. The summed E-state index contributed by atoms with van der Waals surface area (Å²) in [7, 11) is 0. The zero-order valence-electron chi connectivity index (χ0n) is 15.0. The first kappa shape index (κ1) is 18.7. The van der Waals surface area contributed by atoms with Crippen LogP contribution >= 0.6 is 11.3 Å². The Balaban J connectivity index is 1.31. The first-order valence-corrected chi connectivity index (χ1v) is 9.83. The molecule has 1 aliphatic heterocycles. The van der Waals surface area contributed by atoms with Crippen LogP contribution in [-0.4, -0.2) is 42.9 Å². The molecule has 0 aromatic carbocycles. The van der Waals surface area contributed by atoms with E-state index in [0.29, 0.717) is 23.8 Å². The molecule has 6 nitrogen and oxygen atoms in total. The molecule has 7 heteroatoms. The molecule has 2 aromatic rings. The molecule has 2 N–H and O–H groups in total. The van der Waals surface area contributed by atoms with Crippen molar-refractivity contribution in [3.8, 4) is 0 Å². The largest absolute Gasteiger partial charge is 0.469 e. The van der Waals surface area contributed by atoms with E-state index in [2.05, 4.69) is 33.0 Å². The summed E-state index contributed by atoms with van der Waals surface area (Å²) in [5, 5.41) is 7.68. The van der Waals surface area contributed by atoms with Crippen LogP contribution in [0.5, 0.6) is 0 Å². The fourth-order valence-corrected chi connectivity index (χ4v) is 3.91. The summed E-state index contributed by atoms with van der Waals surface area (Å²) in [4.78, 5) is 27.8. The lowest BCUT2D eigenvalue weighted by Gasteiger charge is -2.31. The quantitative estimate of drug-likeness (QED) is 0.779. The molecule has 0 radical (unpaired) electrons. The van der Waals surface area contributed by atoms with Crippen LogP contribution in [0.15, 0.2) is 34.3 Å². The second-order valence-electron chi connectivity index (χ2n) is 6.68. The van der Waals surface area contributed by atoms with E-state index in [1.807, 2.05) is 0 Å². The lowest BCUT2D eigenvalue weighted by atomic mass is 9.97. The molecule has 2 amide bonds. The van der Waals surface area contributed by atoms with Gasteiger partial charge in [0.25, 0.3) is 5.91 Å². The summed E-state index contributed by atoms with van der Waals surface area (Å²) < 4.78 is 5.10. The number of aryl methyl sites for hydroxylation is 1. The van der Waals surface area contributed by atoms with Gasteiger partial charge in [0.15, 0.2) is 0 Å². The van der Waals surface area contributed by atoms with Crippen LogP contribution < -0.4 is 10.6 Å². The third kappa shape index (κ3) is 5.19. The van der Waals surface area contributed by atoms with Gasteiger partial charge >= 0.3 is 0 Å². The average Bonchev–Trinajstić information content (AvgIpc) is 3.30. The number of likely N-dealkylation sites (tertiary alicyclic amines) is 1. The van der Waals surface area contributed by atoms with Crippen molar-refractivity contribution in [3.63, 3.8) is 0 Å². The first-order valence-electron chi connectivity index (χ1n) is 8.95. The predicted octanol–water partition coefficient (Wildman–Crippen LogP) is 2.41. The lowest BCUT2D eigenvalue weighted by Crippen LogP contribution is -2.41. The highest BCUT2D eigenvalue weighted by Crippen LogP contribution is 2.20. The van der Waals surface area contributed by atoms with E-state index in [1.165, 1.54) is 11.1 Å². The molecule has 0 unspecified atom stereocenters. The highest BCUT2D eigenvalue weighted by atomic mass is 32.1. The average molecular weight is 375 g/mol. The van der Waals surface area contributed by atoms with Gasteiger partial charge in [-0.1, -0.05) is 6.07 Å². The first-order chi connectivity index (χ1) is 12.6. The summed E-state index contributed by atoms with van der Waals surface area (Å²) in [6.45, 7) is 5.53. The number of piperidine rings is 1. The van der Waals surface area contributed by atoms with Gasteiger partial charge in [-0.15, -0.1) is 11.3 Å². The Hall–Kier alpha value is -2.12. The highest BCUT2D eigenvalue weighted by Gasteiger charge is 2.20. The number of nitrogens with one attached hydrogen (secondary N) is 2. The van der Waals surface area contributed by atoms with Crippen LogP contribution in [0.4, 0.5) is 0 Å². The van der Waals surface area contributed by atoms with Gasteiger partial charge in [-0.05, 0) is 56.3 Å². The maximum Gasteiger partial charge on any atom is 0.255 e. The monoisotopic (exact) mass is 375 g/mol. The zero-order valence-corrected chi connectivity index (χ0v) is 15.8. The van der Waals surface area contributed by atoms with E-state index in [-0.39, 0.29) is 18.4 Å². The van der Waals surface area contributed by atoms with E-state index in [0.717, 1.165) is 32.5 Å². The van der Waals surface area contributed by atoms with Crippen molar-refractivity contribution in [1.82, 2.24) is 15.5 Å². The number of hydrogen-bond acceptors (Lipinski definition) is 5. The topological polar surface area (TPSA) is 74.6 Å². The molecule has 0 spiro atoms. The van der Waals surface area contributed by atoms with Crippen LogP contribution in [0, 0.1) is 12.8 Å². The molecular formula is C19H25N3O3S. The molecule has 0 atom stereocenters. The standard InChI is InChI=1S/C19H25N3O3S/c1-14-17(6-9-25-14)19(24)21-12-18(23)20-11-15-4-7-22(8-5-15)13-16-3-2-10-26-16/h2-3,6,9-10,15H,4-5,7-8,11-13H2,1H3,(H,20,23)(H,21,24). The van der Waals surface area contributed by atoms with E-state index in [9.17, 15) is 9.59 Å². The lowest BCUT2D eigenvalue weighted by molar-refractivity contribution is -0.120. The second-order valence-corrected chi connectivity index (χ2v) is 7.71. The van der Waals surface area contributed by atoms with Crippen molar-refractivity contribution in [2.75, 3.05) is 26.2 Å². The fourth-order valence-electron chi connectivity index (χ4n) is 3.17. The van der Waals surface area contributed by atoms with Gasteiger partial charge in [-0.3, -0.25) is 14.5 Å². The molecule has 26 heavy (non-hydrogen) atoms. The Kier molecular flexibility index (Phi) is 6.46. The van der Waals surface area contributed by atoms with Crippen LogP contribution in [0.3, 0.4) is 0 Å². The number of nitrogens with zero attached hydrogens (tertiary/aromatic N) is 1. The van der Waals surface area contributed by atoms with Crippen molar-refractivity contribution < 1.29 is 14.0 Å². The predicted molar refractivity (Wildman–Crippen MR) is 101 cm³/mol. The van der Waals surface area contributed by atoms with Crippen molar-refractivity contribution in [1.29, 1.82) is 0 Å². The van der Waals surface area contributed by atoms with Crippen molar-refractivity contribution in [2.24, 2.45) is 5.92 Å². The fraction of sp³-hybridized carbons (Fsp3) is 0.474. The molecule has 1 fully saturated rings. The van der Waals surface area contributed by atoms with E-state index in [4.69, 9.17) is 4.42 Å². The molecule has 2 aromatic heterocycles. The zero-order chi connectivity index (χ0) is 18.4. The van der Waals surface area contributed by atoms with Gasteiger partial charge in [0.1, 0.15) is 5.76 Å². The van der Waals surface area contributed by atoms with Crippen molar-refractivity contribution in [2.45, 2.75) is 26.3 Å². The third-order valence-corrected chi connectivity index (χ3v) is 5.63. The number of rotatable bonds is 7. The normalized spacial score (nSPS) is 15.7. The number of carbonyl (C=O) groups excluding carboxylic acids is 2.